The number of anilines is 1. The summed E-state index contributed by atoms with van der Waals surface area (Å²) in [6.45, 7) is 1.61. The normalized spacial score (nSPS) is 14.5. The van der Waals surface area contributed by atoms with Crippen molar-refractivity contribution in [3.63, 3.8) is 0 Å². The molecule has 1 N–H and O–H groups in total. The smallest absolute Gasteiger partial charge is 0.227 e. The first-order valence-corrected chi connectivity index (χ1v) is 10.8. The van der Waals surface area contributed by atoms with Gasteiger partial charge in [-0.25, -0.2) is 0 Å². The van der Waals surface area contributed by atoms with Gasteiger partial charge in [0.25, 0.3) is 0 Å². The number of carbonyl (C=O) groups excluding carboxylic acids is 2. The summed E-state index contributed by atoms with van der Waals surface area (Å²) in [5.74, 6) is 0.846. The van der Waals surface area contributed by atoms with Crippen LogP contribution >= 0.6 is 11.8 Å². The lowest BCUT2D eigenvalue weighted by Gasteiger charge is -2.31. The molecule has 2 aromatic rings. The number of rotatable bonds is 7. The second-order valence-electron chi connectivity index (χ2n) is 6.79. The fourth-order valence-corrected chi connectivity index (χ4v) is 3.73. The number of nitrogens with one attached hydrogen (secondary N) is 1. The van der Waals surface area contributed by atoms with Gasteiger partial charge in [0, 0.05) is 29.6 Å². The molecule has 0 atom stereocenters. The lowest BCUT2D eigenvalue weighted by Crippen LogP contribution is -2.41. The van der Waals surface area contributed by atoms with Crippen molar-refractivity contribution in [2.45, 2.75) is 24.2 Å². The molecule has 5 nitrogen and oxygen atoms in total. The molecule has 1 saturated heterocycles. The van der Waals surface area contributed by atoms with Crippen molar-refractivity contribution >= 4 is 29.3 Å². The van der Waals surface area contributed by atoms with Crippen molar-refractivity contribution in [1.29, 1.82) is 0 Å². The van der Waals surface area contributed by atoms with Crippen LogP contribution in [0.5, 0.6) is 5.75 Å². The quantitative estimate of drug-likeness (QED) is 0.715. The monoisotopic (exact) mass is 398 g/mol. The number of ether oxygens (including phenoxy) is 1. The third-order valence-electron chi connectivity index (χ3n) is 4.88. The molecule has 0 aliphatic carbocycles. The van der Waals surface area contributed by atoms with Crippen LogP contribution in [0.25, 0.3) is 0 Å². The third-order valence-corrected chi connectivity index (χ3v) is 5.61. The topological polar surface area (TPSA) is 58.6 Å². The van der Waals surface area contributed by atoms with Gasteiger partial charge in [-0.1, -0.05) is 24.3 Å². The maximum atomic E-state index is 12.5. The lowest BCUT2D eigenvalue weighted by molar-refractivity contribution is -0.135. The highest BCUT2D eigenvalue weighted by Crippen LogP contribution is 2.23. The minimum Gasteiger partial charge on any atom is -0.493 e. The SMILES string of the molecule is CSc1cccc(NC(=O)C2CCN(C(=O)CCOc3ccccc3)CC2)c1. The summed E-state index contributed by atoms with van der Waals surface area (Å²) in [5.41, 5.74) is 0.827. The van der Waals surface area contributed by atoms with E-state index in [-0.39, 0.29) is 17.7 Å². The van der Waals surface area contributed by atoms with Gasteiger partial charge in [-0.15, -0.1) is 11.8 Å². The van der Waals surface area contributed by atoms with Gasteiger partial charge in [0.05, 0.1) is 13.0 Å². The van der Waals surface area contributed by atoms with Crippen LogP contribution in [0, 0.1) is 5.92 Å². The molecule has 1 aliphatic heterocycles. The van der Waals surface area contributed by atoms with E-state index in [2.05, 4.69) is 5.32 Å². The Labute approximate surface area is 170 Å². The van der Waals surface area contributed by atoms with E-state index in [0.717, 1.165) is 16.3 Å². The lowest BCUT2D eigenvalue weighted by atomic mass is 9.95. The highest BCUT2D eigenvalue weighted by atomic mass is 32.2. The van der Waals surface area contributed by atoms with E-state index in [4.69, 9.17) is 4.74 Å². The maximum absolute atomic E-state index is 12.5. The molecule has 28 heavy (non-hydrogen) atoms. The molecule has 148 valence electrons. The largest absolute Gasteiger partial charge is 0.493 e. The molecule has 2 aromatic carbocycles. The van der Waals surface area contributed by atoms with E-state index in [1.54, 1.807) is 11.8 Å². The fourth-order valence-electron chi connectivity index (χ4n) is 3.27. The molecule has 0 aromatic heterocycles. The number of amides is 2. The Bertz CT molecular complexity index is 789. The minimum absolute atomic E-state index is 0.0396. The van der Waals surface area contributed by atoms with E-state index in [9.17, 15) is 9.59 Å². The van der Waals surface area contributed by atoms with Crippen molar-refractivity contribution in [3.05, 3.63) is 54.6 Å². The number of benzene rings is 2. The van der Waals surface area contributed by atoms with Crippen molar-refractivity contribution in [3.8, 4) is 5.75 Å². The van der Waals surface area contributed by atoms with E-state index >= 15 is 0 Å². The second-order valence-corrected chi connectivity index (χ2v) is 7.67. The molecule has 0 bridgehead atoms. The van der Waals surface area contributed by atoms with Gasteiger partial charge in [0.15, 0.2) is 0 Å². The van der Waals surface area contributed by atoms with Gasteiger partial charge >= 0.3 is 0 Å². The third kappa shape index (κ3) is 5.76. The Hall–Kier alpha value is -2.47. The summed E-state index contributed by atoms with van der Waals surface area (Å²) in [6.07, 6.45) is 3.75. The average Bonchev–Trinajstić information content (AvgIpc) is 2.74. The summed E-state index contributed by atoms with van der Waals surface area (Å²) in [4.78, 5) is 27.9. The van der Waals surface area contributed by atoms with Gasteiger partial charge in [0.2, 0.25) is 11.8 Å². The predicted molar refractivity (Wildman–Crippen MR) is 113 cm³/mol. The number of hydrogen-bond acceptors (Lipinski definition) is 4. The maximum Gasteiger partial charge on any atom is 0.227 e. The minimum atomic E-state index is -0.0532. The Morgan fingerprint density at radius 1 is 1.11 bits per heavy atom. The summed E-state index contributed by atoms with van der Waals surface area (Å²) in [5, 5.41) is 3.01. The van der Waals surface area contributed by atoms with Crippen LogP contribution in [0.1, 0.15) is 19.3 Å². The number of para-hydroxylation sites is 1. The number of nitrogens with zero attached hydrogens (tertiary/aromatic N) is 1. The van der Waals surface area contributed by atoms with Crippen LogP contribution in [0.4, 0.5) is 5.69 Å². The van der Waals surface area contributed by atoms with Crippen LogP contribution < -0.4 is 10.1 Å². The molecule has 1 aliphatic rings. The van der Waals surface area contributed by atoms with Crippen LogP contribution in [0.2, 0.25) is 0 Å². The Morgan fingerprint density at radius 3 is 2.57 bits per heavy atom. The van der Waals surface area contributed by atoms with Crippen LogP contribution in [-0.2, 0) is 9.59 Å². The first-order valence-electron chi connectivity index (χ1n) is 9.56. The van der Waals surface area contributed by atoms with Crippen LogP contribution in [0.15, 0.2) is 59.5 Å². The molecule has 1 fully saturated rings. The van der Waals surface area contributed by atoms with E-state index < -0.39 is 0 Å². The highest BCUT2D eigenvalue weighted by Gasteiger charge is 2.27. The Morgan fingerprint density at radius 2 is 1.86 bits per heavy atom. The molecule has 1 heterocycles. The van der Waals surface area contributed by atoms with Gasteiger partial charge in [-0.2, -0.15) is 0 Å². The van der Waals surface area contributed by atoms with E-state index in [1.807, 2.05) is 65.8 Å². The van der Waals surface area contributed by atoms with Gasteiger partial charge in [-0.3, -0.25) is 9.59 Å². The fraction of sp³-hybridized carbons (Fsp3) is 0.364. The average molecular weight is 399 g/mol. The van der Waals surface area contributed by atoms with Crippen molar-refractivity contribution in [2.24, 2.45) is 5.92 Å². The molecule has 0 unspecified atom stereocenters. The van der Waals surface area contributed by atoms with Crippen molar-refractivity contribution < 1.29 is 14.3 Å². The van der Waals surface area contributed by atoms with E-state index in [0.29, 0.717) is 39.0 Å². The summed E-state index contributed by atoms with van der Waals surface area (Å²) >= 11 is 1.65. The predicted octanol–water partition coefficient (Wildman–Crippen LogP) is 4.05. The van der Waals surface area contributed by atoms with Crippen molar-refractivity contribution in [1.82, 2.24) is 4.90 Å². The van der Waals surface area contributed by atoms with Gasteiger partial charge in [0.1, 0.15) is 5.75 Å². The van der Waals surface area contributed by atoms with Crippen LogP contribution in [0.3, 0.4) is 0 Å². The number of carbonyl (C=O) groups is 2. The first-order chi connectivity index (χ1) is 13.7. The zero-order valence-electron chi connectivity index (χ0n) is 16.1. The van der Waals surface area contributed by atoms with Crippen LogP contribution in [-0.4, -0.2) is 42.7 Å². The summed E-state index contributed by atoms with van der Waals surface area (Å²) in [6, 6.07) is 17.3. The summed E-state index contributed by atoms with van der Waals surface area (Å²) < 4.78 is 5.60. The highest BCUT2D eigenvalue weighted by molar-refractivity contribution is 7.98. The summed E-state index contributed by atoms with van der Waals surface area (Å²) in [7, 11) is 0. The molecule has 0 spiro atoms. The number of thioether (sulfide) groups is 1. The van der Waals surface area contributed by atoms with Crippen molar-refractivity contribution in [2.75, 3.05) is 31.3 Å². The van der Waals surface area contributed by atoms with Gasteiger partial charge in [-0.05, 0) is 49.4 Å². The zero-order valence-corrected chi connectivity index (χ0v) is 16.9. The van der Waals surface area contributed by atoms with E-state index in [1.165, 1.54) is 0 Å². The zero-order chi connectivity index (χ0) is 19.8. The first kappa shape index (κ1) is 20.3. The molecule has 2 amide bonds. The number of likely N-dealkylation sites (tertiary alicyclic amines) is 1. The number of piperidine rings is 1. The number of hydrogen-bond donors (Lipinski definition) is 1. The second kappa shape index (κ2) is 10.2. The van der Waals surface area contributed by atoms with Gasteiger partial charge < -0.3 is 15.0 Å². The molecular formula is C22H26N2O3S. The molecule has 3 rings (SSSR count). The molecular weight excluding hydrogens is 372 g/mol. The Kier molecular flexibility index (Phi) is 7.37. The molecule has 6 heteroatoms. The standard InChI is InChI=1S/C22H26N2O3S/c1-28-20-9-5-6-18(16-20)23-22(26)17-10-13-24(14-11-17)21(25)12-15-27-19-7-3-2-4-8-19/h2-9,16-17H,10-15H2,1H3,(H,23,26). The molecule has 0 saturated carbocycles. The Balaban J connectivity index is 1.40. The molecule has 0 radical (unpaired) electrons.